The van der Waals surface area contributed by atoms with Crippen molar-refractivity contribution in [3.8, 4) is 0 Å². The summed E-state index contributed by atoms with van der Waals surface area (Å²) in [7, 11) is -1.44. The summed E-state index contributed by atoms with van der Waals surface area (Å²) >= 11 is 0. The van der Waals surface area contributed by atoms with E-state index in [-0.39, 0.29) is 23.6 Å². The summed E-state index contributed by atoms with van der Waals surface area (Å²) in [6.07, 6.45) is 2.23. The van der Waals surface area contributed by atoms with Gasteiger partial charge in [0.1, 0.15) is 5.41 Å². The van der Waals surface area contributed by atoms with Crippen LogP contribution >= 0.6 is 0 Å². The normalized spacial score (nSPS) is 33.1. The third kappa shape index (κ3) is 2.73. The molecule has 2 aliphatic carbocycles. The average Bonchev–Trinajstić information content (AvgIpc) is 2.55. The number of fused-ring (bicyclic) bond motifs is 2. The monoisotopic (exact) mass is 320 g/mol. The Kier molecular flexibility index (Phi) is 4.53. The number of hydrogen-bond acceptors (Lipinski definition) is 3. The molecule has 0 spiro atoms. The van der Waals surface area contributed by atoms with Crippen molar-refractivity contribution in [2.45, 2.75) is 52.8 Å². The minimum Gasteiger partial charge on any atom is -0.465 e. The molecular weight excluding hydrogens is 292 g/mol. The maximum Gasteiger partial charge on any atom is 0.320 e. The van der Waals surface area contributed by atoms with Crippen LogP contribution in [-0.4, -0.2) is 26.4 Å². The molecule has 2 saturated carbocycles. The van der Waals surface area contributed by atoms with Gasteiger partial charge in [0.05, 0.1) is 14.7 Å². The van der Waals surface area contributed by atoms with Crippen molar-refractivity contribution in [3.05, 3.63) is 23.4 Å². The summed E-state index contributed by atoms with van der Waals surface area (Å²) in [5.74, 6) is -0.416. The smallest absolute Gasteiger partial charge is 0.320 e. The molecule has 0 N–H and O–H groups in total. The molecule has 0 aromatic rings. The Labute approximate surface area is 134 Å². The zero-order chi connectivity index (χ0) is 16.7. The van der Waals surface area contributed by atoms with Crippen LogP contribution < -0.4 is 0 Å². The zero-order valence-electron chi connectivity index (χ0n) is 14.5. The van der Waals surface area contributed by atoms with E-state index in [2.05, 4.69) is 31.9 Å². The van der Waals surface area contributed by atoms with Gasteiger partial charge in [-0.2, -0.15) is 0 Å². The Morgan fingerprint density at radius 2 is 2.05 bits per heavy atom. The van der Waals surface area contributed by atoms with E-state index in [1.807, 2.05) is 6.92 Å². The Bertz CT molecular complexity index is 541. The van der Waals surface area contributed by atoms with Gasteiger partial charge in [-0.15, -0.1) is 0 Å². The summed E-state index contributed by atoms with van der Waals surface area (Å²) in [6, 6.07) is 0. The van der Waals surface area contributed by atoms with Crippen LogP contribution in [0.3, 0.4) is 0 Å². The number of Topliss-reactive ketones (excluding diaryl/α,β-unsaturated/α-hetero) is 1. The highest BCUT2D eigenvalue weighted by molar-refractivity contribution is 6.81. The minimum absolute atomic E-state index is 0.0771. The SMILES string of the molecule is C=C(C)C1CC[C@@H]2C(=O)[C@@]1(C(=O)OCC)CC2=C[Si](C)(C)C. The first-order valence-electron chi connectivity index (χ1n) is 8.22. The molecule has 0 heterocycles. The van der Waals surface area contributed by atoms with Gasteiger partial charge in [0, 0.05) is 11.8 Å². The lowest BCUT2D eigenvalue weighted by Gasteiger charge is -2.37. The predicted octanol–water partition coefficient (Wildman–Crippen LogP) is 3.91. The van der Waals surface area contributed by atoms with Gasteiger partial charge in [-0.3, -0.25) is 9.59 Å². The largest absolute Gasteiger partial charge is 0.465 e. The minimum atomic E-state index is -1.44. The summed E-state index contributed by atoms with van der Waals surface area (Å²) in [6.45, 7) is 14.9. The van der Waals surface area contributed by atoms with Crippen LogP contribution in [0.4, 0.5) is 0 Å². The van der Waals surface area contributed by atoms with Crippen molar-refractivity contribution in [2.75, 3.05) is 6.61 Å². The molecule has 4 heteroatoms. The third-order valence-corrected chi connectivity index (χ3v) is 6.12. The van der Waals surface area contributed by atoms with E-state index in [0.29, 0.717) is 13.0 Å². The summed E-state index contributed by atoms with van der Waals surface area (Å²) in [5.41, 5.74) is 3.42. The Morgan fingerprint density at radius 1 is 1.41 bits per heavy atom. The van der Waals surface area contributed by atoms with Crippen molar-refractivity contribution in [2.24, 2.45) is 17.3 Å². The van der Waals surface area contributed by atoms with E-state index >= 15 is 0 Å². The summed E-state index contributed by atoms with van der Waals surface area (Å²) in [5, 5.41) is 0. The van der Waals surface area contributed by atoms with Crippen LogP contribution in [0.5, 0.6) is 0 Å². The Hall–Kier alpha value is -1.16. The molecule has 3 atom stereocenters. The average molecular weight is 321 g/mol. The molecule has 0 saturated heterocycles. The number of rotatable bonds is 4. The maximum atomic E-state index is 13.1. The highest BCUT2D eigenvalue weighted by atomic mass is 28.3. The van der Waals surface area contributed by atoms with Gasteiger partial charge < -0.3 is 4.74 Å². The van der Waals surface area contributed by atoms with Crippen molar-refractivity contribution in [1.82, 2.24) is 0 Å². The lowest BCUT2D eigenvalue weighted by Crippen LogP contribution is -2.47. The first kappa shape index (κ1) is 17.2. The van der Waals surface area contributed by atoms with E-state index in [9.17, 15) is 9.59 Å². The first-order chi connectivity index (χ1) is 10.1. The van der Waals surface area contributed by atoms with Gasteiger partial charge in [-0.25, -0.2) is 0 Å². The van der Waals surface area contributed by atoms with Crippen LogP contribution in [0, 0.1) is 17.3 Å². The molecule has 0 aromatic heterocycles. The van der Waals surface area contributed by atoms with Gasteiger partial charge in [0.25, 0.3) is 0 Å². The number of ether oxygens (including phenoxy) is 1. The van der Waals surface area contributed by atoms with Gasteiger partial charge in [0.15, 0.2) is 5.78 Å². The third-order valence-electron chi connectivity index (χ3n) is 4.88. The van der Waals surface area contributed by atoms with Crippen LogP contribution in [0.15, 0.2) is 23.4 Å². The second-order valence-electron chi connectivity index (χ2n) is 7.85. The second kappa shape index (κ2) is 5.80. The molecule has 22 heavy (non-hydrogen) atoms. The lowest BCUT2D eigenvalue weighted by atomic mass is 9.64. The number of ketones is 1. The standard InChI is InChI=1S/C18H28O3Si/c1-7-21-17(20)18-10-13(11-22(4,5)6)14(16(18)19)8-9-15(18)12(2)3/h11,14-15H,2,7-10H2,1,3-6H3/t14-,15?,18+/m0/s1. The number of esters is 1. The van der Waals surface area contributed by atoms with E-state index in [1.54, 1.807) is 6.92 Å². The number of carbonyl (C=O) groups excluding carboxylic acids is 2. The maximum absolute atomic E-state index is 13.1. The van der Waals surface area contributed by atoms with Crippen LogP contribution in [0.25, 0.3) is 0 Å². The topological polar surface area (TPSA) is 43.4 Å². The van der Waals surface area contributed by atoms with Crippen LogP contribution in [0.2, 0.25) is 19.6 Å². The molecule has 0 aromatic carbocycles. The fraction of sp³-hybridized carbons (Fsp3) is 0.667. The molecule has 0 aliphatic heterocycles. The Morgan fingerprint density at radius 3 is 2.55 bits per heavy atom. The molecule has 3 nitrogen and oxygen atoms in total. The Balaban J connectivity index is 2.52. The summed E-state index contributed by atoms with van der Waals surface area (Å²) < 4.78 is 5.31. The zero-order valence-corrected chi connectivity index (χ0v) is 15.5. The van der Waals surface area contributed by atoms with E-state index < -0.39 is 13.5 Å². The van der Waals surface area contributed by atoms with E-state index in [4.69, 9.17) is 4.74 Å². The fourth-order valence-electron chi connectivity index (χ4n) is 4.15. The summed E-state index contributed by atoms with van der Waals surface area (Å²) in [4.78, 5) is 25.8. The van der Waals surface area contributed by atoms with Crippen LogP contribution in [-0.2, 0) is 14.3 Å². The molecule has 0 radical (unpaired) electrons. The highest BCUT2D eigenvalue weighted by Crippen LogP contribution is 2.57. The van der Waals surface area contributed by atoms with Crippen molar-refractivity contribution >= 4 is 19.8 Å². The van der Waals surface area contributed by atoms with E-state index in [0.717, 1.165) is 18.4 Å². The van der Waals surface area contributed by atoms with Gasteiger partial charge >= 0.3 is 5.97 Å². The van der Waals surface area contributed by atoms with Gasteiger partial charge in [-0.1, -0.05) is 43.1 Å². The van der Waals surface area contributed by atoms with Crippen molar-refractivity contribution in [3.63, 3.8) is 0 Å². The van der Waals surface area contributed by atoms with Crippen molar-refractivity contribution in [1.29, 1.82) is 0 Å². The van der Waals surface area contributed by atoms with E-state index in [1.165, 1.54) is 5.57 Å². The molecule has 2 fully saturated rings. The molecular formula is C18H28O3Si. The quantitative estimate of drug-likeness (QED) is 0.341. The molecule has 2 bridgehead atoms. The molecule has 122 valence electrons. The number of hydrogen-bond donors (Lipinski definition) is 0. The number of allylic oxidation sites excluding steroid dienone is 2. The highest BCUT2D eigenvalue weighted by Gasteiger charge is 2.63. The van der Waals surface area contributed by atoms with Gasteiger partial charge in [0.2, 0.25) is 0 Å². The molecule has 2 rings (SSSR count). The lowest BCUT2D eigenvalue weighted by molar-refractivity contribution is -0.164. The molecule has 2 aliphatic rings. The second-order valence-corrected chi connectivity index (χ2v) is 12.9. The molecule has 0 amide bonds. The predicted molar refractivity (Wildman–Crippen MR) is 91.1 cm³/mol. The first-order valence-corrected chi connectivity index (χ1v) is 11.8. The molecule has 1 unspecified atom stereocenters. The van der Waals surface area contributed by atoms with Gasteiger partial charge in [-0.05, 0) is 33.1 Å². The van der Waals surface area contributed by atoms with Crippen LogP contribution in [0.1, 0.15) is 33.1 Å². The number of carbonyl (C=O) groups is 2. The van der Waals surface area contributed by atoms with Crippen molar-refractivity contribution < 1.29 is 14.3 Å². The fourth-order valence-corrected chi connectivity index (χ4v) is 5.57.